The fourth-order valence-corrected chi connectivity index (χ4v) is 2.78. The Morgan fingerprint density at radius 2 is 2.16 bits per heavy atom. The molecule has 6 heteroatoms. The highest BCUT2D eigenvalue weighted by Crippen LogP contribution is 2.29. The van der Waals surface area contributed by atoms with E-state index in [-0.39, 0.29) is 0 Å². The fraction of sp³-hybridized carbons (Fsp3) is 0.0526. The Morgan fingerprint density at radius 1 is 1.24 bits per heavy atom. The van der Waals surface area contributed by atoms with Gasteiger partial charge in [0.15, 0.2) is 0 Å². The van der Waals surface area contributed by atoms with Gasteiger partial charge in [-0.05, 0) is 25.1 Å². The molecule has 0 amide bonds. The van der Waals surface area contributed by atoms with Crippen LogP contribution < -0.4 is 0 Å². The molecule has 2 N–H and O–H groups in total. The van der Waals surface area contributed by atoms with Crippen molar-refractivity contribution in [2.24, 2.45) is 4.99 Å². The molecule has 0 aromatic carbocycles. The smallest absolute Gasteiger partial charge is 0.116 e. The molecule has 4 heterocycles. The summed E-state index contributed by atoms with van der Waals surface area (Å²) < 4.78 is 0. The maximum absolute atomic E-state index is 4.47. The number of nitrogens with one attached hydrogen (secondary N) is 2. The van der Waals surface area contributed by atoms with E-state index in [0.29, 0.717) is 0 Å². The molecule has 0 aliphatic carbocycles. The van der Waals surface area contributed by atoms with E-state index in [1.54, 1.807) is 24.7 Å². The van der Waals surface area contributed by atoms with E-state index >= 15 is 0 Å². The molecule has 0 aliphatic heterocycles. The van der Waals surface area contributed by atoms with Gasteiger partial charge in [0.05, 0.1) is 40.5 Å². The van der Waals surface area contributed by atoms with Crippen molar-refractivity contribution < 1.29 is 0 Å². The first-order chi connectivity index (χ1) is 12.3. The Bertz CT molecular complexity index is 1100. The van der Waals surface area contributed by atoms with Gasteiger partial charge in [0.2, 0.25) is 0 Å². The Labute approximate surface area is 144 Å². The molecule has 0 aliphatic rings. The Kier molecular flexibility index (Phi) is 3.70. The van der Waals surface area contributed by atoms with Crippen molar-refractivity contribution in [3.8, 4) is 11.4 Å². The lowest BCUT2D eigenvalue weighted by Crippen LogP contribution is -1.88. The van der Waals surface area contributed by atoms with Gasteiger partial charge in [-0.25, -0.2) is 0 Å². The second kappa shape index (κ2) is 6.16. The van der Waals surface area contributed by atoms with Crippen molar-refractivity contribution in [2.45, 2.75) is 6.92 Å². The number of H-pyrrole nitrogens is 2. The monoisotopic (exact) mass is 328 g/mol. The van der Waals surface area contributed by atoms with Crippen LogP contribution in [0.25, 0.3) is 38.9 Å². The quantitative estimate of drug-likeness (QED) is 0.553. The maximum Gasteiger partial charge on any atom is 0.116 e. The number of allylic oxidation sites excluding steroid dienone is 2. The molecule has 0 spiro atoms. The van der Waals surface area contributed by atoms with Gasteiger partial charge in [-0.3, -0.25) is 20.1 Å². The number of pyridine rings is 2. The normalized spacial score (nSPS) is 12.4. The summed E-state index contributed by atoms with van der Waals surface area (Å²) in [4.78, 5) is 16.4. The molecule has 0 saturated heterocycles. The van der Waals surface area contributed by atoms with Gasteiger partial charge in [-0.2, -0.15) is 5.10 Å². The van der Waals surface area contributed by atoms with Crippen molar-refractivity contribution in [3.05, 3.63) is 61.2 Å². The summed E-state index contributed by atoms with van der Waals surface area (Å²) in [6, 6.07) is 6.03. The fourth-order valence-electron chi connectivity index (χ4n) is 2.78. The molecule has 6 nitrogen and oxygen atoms in total. The number of rotatable bonds is 4. The second-order valence-corrected chi connectivity index (χ2v) is 5.52. The van der Waals surface area contributed by atoms with Gasteiger partial charge in [0.1, 0.15) is 5.69 Å². The van der Waals surface area contributed by atoms with Crippen LogP contribution in [0.4, 0.5) is 0 Å². The van der Waals surface area contributed by atoms with Crippen LogP contribution in [0, 0.1) is 0 Å². The van der Waals surface area contributed by atoms with Crippen molar-refractivity contribution in [2.75, 3.05) is 0 Å². The minimum atomic E-state index is 0.786. The SMILES string of the molecule is C=CC=N/C(=C\C)c1cc2c(-c3cc4ccncc4[nH]3)n[nH]c2cn1. The lowest BCUT2D eigenvalue weighted by Gasteiger charge is -2.01. The number of hydrogen-bond acceptors (Lipinski definition) is 4. The Balaban J connectivity index is 1.86. The van der Waals surface area contributed by atoms with Crippen molar-refractivity contribution in [1.29, 1.82) is 0 Å². The van der Waals surface area contributed by atoms with E-state index in [0.717, 1.165) is 44.6 Å². The molecule has 0 radical (unpaired) electrons. The third-order valence-corrected chi connectivity index (χ3v) is 3.98. The van der Waals surface area contributed by atoms with Gasteiger partial charge >= 0.3 is 0 Å². The Morgan fingerprint density at radius 3 is 2.96 bits per heavy atom. The highest BCUT2D eigenvalue weighted by Gasteiger charge is 2.13. The van der Waals surface area contributed by atoms with Crippen LogP contribution in [0.5, 0.6) is 0 Å². The molecule has 122 valence electrons. The number of aliphatic imine (C=N–C) groups is 1. The highest BCUT2D eigenvalue weighted by atomic mass is 15.1. The van der Waals surface area contributed by atoms with E-state index in [4.69, 9.17) is 0 Å². The standard InChI is InChI=1S/C19H16N6/c1-3-6-21-14(4-2)15-9-13-18(11-22-15)24-25-19(13)16-8-12-5-7-20-10-17(12)23-16/h3-11,23H,1H2,2H3,(H,24,25)/b14-4-,21-6?. The summed E-state index contributed by atoms with van der Waals surface area (Å²) >= 11 is 0. The molecule has 0 atom stereocenters. The summed E-state index contributed by atoms with van der Waals surface area (Å²) in [6.45, 7) is 5.59. The molecule has 0 fully saturated rings. The van der Waals surface area contributed by atoms with Gasteiger partial charge < -0.3 is 4.98 Å². The summed E-state index contributed by atoms with van der Waals surface area (Å²) in [7, 11) is 0. The highest BCUT2D eigenvalue weighted by molar-refractivity contribution is 5.96. The zero-order valence-electron chi connectivity index (χ0n) is 13.7. The van der Waals surface area contributed by atoms with Crippen molar-refractivity contribution >= 4 is 33.7 Å². The average molecular weight is 328 g/mol. The molecular formula is C19H16N6. The molecule has 0 bridgehead atoms. The van der Waals surface area contributed by atoms with Crippen LogP contribution in [0.2, 0.25) is 0 Å². The van der Waals surface area contributed by atoms with Crippen LogP contribution in [-0.2, 0) is 0 Å². The second-order valence-electron chi connectivity index (χ2n) is 5.52. The van der Waals surface area contributed by atoms with Gasteiger partial charge in [0.25, 0.3) is 0 Å². The third kappa shape index (κ3) is 2.63. The lowest BCUT2D eigenvalue weighted by molar-refractivity contribution is 1.11. The molecule has 4 aromatic heterocycles. The minimum absolute atomic E-state index is 0.786. The zero-order valence-corrected chi connectivity index (χ0v) is 13.7. The lowest BCUT2D eigenvalue weighted by atomic mass is 10.1. The van der Waals surface area contributed by atoms with Gasteiger partial charge in [0, 0.05) is 23.2 Å². The van der Waals surface area contributed by atoms with Crippen LogP contribution in [0.3, 0.4) is 0 Å². The summed E-state index contributed by atoms with van der Waals surface area (Å²) in [5.41, 5.74) is 5.20. The first-order valence-corrected chi connectivity index (χ1v) is 7.89. The average Bonchev–Trinajstić information content (AvgIpc) is 3.25. The molecule has 0 saturated carbocycles. The molecule has 4 aromatic rings. The van der Waals surface area contributed by atoms with Crippen LogP contribution >= 0.6 is 0 Å². The molecular weight excluding hydrogens is 312 g/mol. The summed E-state index contributed by atoms with van der Waals surface area (Å²) in [5.74, 6) is 0. The van der Waals surface area contributed by atoms with Gasteiger partial charge in [-0.15, -0.1) is 0 Å². The van der Waals surface area contributed by atoms with E-state index in [1.807, 2.05) is 31.3 Å². The van der Waals surface area contributed by atoms with Crippen LogP contribution in [-0.4, -0.2) is 31.4 Å². The molecule has 4 rings (SSSR count). The van der Waals surface area contributed by atoms with E-state index < -0.39 is 0 Å². The number of fused-ring (bicyclic) bond motifs is 2. The topological polar surface area (TPSA) is 82.6 Å². The molecule has 0 unspecified atom stereocenters. The first-order valence-electron chi connectivity index (χ1n) is 7.89. The number of nitrogens with zero attached hydrogens (tertiary/aromatic N) is 4. The minimum Gasteiger partial charge on any atom is -0.352 e. The third-order valence-electron chi connectivity index (χ3n) is 3.98. The predicted molar refractivity (Wildman–Crippen MR) is 101 cm³/mol. The van der Waals surface area contributed by atoms with E-state index in [1.165, 1.54) is 0 Å². The van der Waals surface area contributed by atoms with Crippen LogP contribution in [0.15, 0.2) is 60.5 Å². The number of hydrogen-bond donors (Lipinski definition) is 2. The van der Waals surface area contributed by atoms with Crippen molar-refractivity contribution in [1.82, 2.24) is 25.1 Å². The first kappa shape index (κ1) is 15.0. The summed E-state index contributed by atoms with van der Waals surface area (Å²) in [5, 5.41) is 9.58. The van der Waals surface area contributed by atoms with Gasteiger partial charge in [-0.1, -0.05) is 18.7 Å². The summed E-state index contributed by atoms with van der Waals surface area (Å²) in [6.07, 6.45) is 10.6. The zero-order chi connectivity index (χ0) is 17.2. The Hall–Kier alpha value is -3.54. The van der Waals surface area contributed by atoms with E-state index in [2.05, 4.69) is 42.8 Å². The largest absolute Gasteiger partial charge is 0.352 e. The predicted octanol–water partition coefficient (Wildman–Crippen LogP) is 4.12. The molecule has 25 heavy (non-hydrogen) atoms. The van der Waals surface area contributed by atoms with Crippen LogP contribution in [0.1, 0.15) is 12.6 Å². The maximum atomic E-state index is 4.47. The number of aromatic amines is 2. The van der Waals surface area contributed by atoms with E-state index in [9.17, 15) is 0 Å². The van der Waals surface area contributed by atoms with Crippen molar-refractivity contribution in [3.63, 3.8) is 0 Å². The number of aromatic nitrogens is 5.